The van der Waals surface area contributed by atoms with Crippen molar-refractivity contribution in [3.63, 3.8) is 0 Å². The molecule has 0 spiro atoms. The van der Waals surface area contributed by atoms with Gasteiger partial charge in [0.2, 0.25) is 5.91 Å². The van der Waals surface area contributed by atoms with Gasteiger partial charge < -0.3 is 28.8 Å². The molecule has 0 aliphatic carbocycles. The third-order valence-corrected chi connectivity index (χ3v) is 15.8. The first-order valence-electron chi connectivity index (χ1n) is 34.5. The van der Waals surface area contributed by atoms with E-state index in [0.717, 1.165) is 109 Å². The van der Waals surface area contributed by atoms with Crippen LogP contribution in [0.4, 0.5) is 0 Å². The first-order chi connectivity index (χ1) is 41.0. The predicted octanol–water partition coefficient (Wildman–Crippen LogP) is 21.6. The normalized spacial score (nSPS) is 14.5. The van der Waals surface area contributed by atoms with Crippen molar-refractivity contribution in [2.45, 2.75) is 296 Å². The number of hydrogen-bond acceptors (Lipinski definition) is 6. The van der Waals surface area contributed by atoms with E-state index in [9.17, 15) is 19.4 Å². The lowest BCUT2D eigenvalue weighted by Crippen LogP contribution is -2.45. The third kappa shape index (κ3) is 66.2. The van der Waals surface area contributed by atoms with Crippen LogP contribution < -0.4 is 10.2 Å². The zero-order valence-corrected chi connectivity index (χ0v) is 56.0. The monoisotopic (exact) mass is 1190 g/mol. The number of nitrogens with zero attached hydrogens (tertiary/aromatic N) is 1. The second-order valence-electron chi connectivity index (χ2n) is 24.1. The van der Waals surface area contributed by atoms with E-state index >= 15 is 0 Å². The Morgan fingerprint density at radius 1 is 0.429 bits per heavy atom. The topological polar surface area (TPSA) is 108 Å². The molecular formula is C75H131N2O6P. The number of phosphoric ester groups is 1. The third-order valence-electron chi connectivity index (χ3n) is 14.8. The highest BCUT2D eigenvalue weighted by Gasteiger charge is 2.23. The van der Waals surface area contributed by atoms with Crippen molar-refractivity contribution >= 4 is 13.7 Å². The SMILES string of the molecule is CC/C=C\C/C=C\C/C=C\C/C=C\C/C=C\C/C=C\C/C=C\C/C=C\CCCCCCCCCCC(=O)NC(COP(=O)([O-])OCC[N+](C)(C)C)C(O)/C=C/CC/C=C/CC/C=C/CCCCCCCCCCCCCCCCCCCCC. The lowest BCUT2D eigenvalue weighted by Gasteiger charge is -2.29. The number of amides is 1. The van der Waals surface area contributed by atoms with Crippen LogP contribution >= 0.6 is 7.82 Å². The van der Waals surface area contributed by atoms with Gasteiger partial charge in [-0.3, -0.25) is 9.36 Å². The summed E-state index contributed by atoms with van der Waals surface area (Å²) in [6, 6.07) is -0.926. The minimum Gasteiger partial charge on any atom is -0.756 e. The summed E-state index contributed by atoms with van der Waals surface area (Å²) in [4.78, 5) is 25.6. The van der Waals surface area contributed by atoms with Gasteiger partial charge in [-0.05, 0) is 109 Å². The van der Waals surface area contributed by atoms with E-state index in [0.29, 0.717) is 17.4 Å². The number of unbranched alkanes of at least 4 members (excludes halogenated alkanes) is 29. The Balaban J connectivity index is 4.23. The number of aliphatic hydroxyl groups excluding tert-OH is 1. The minimum atomic E-state index is -4.63. The molecule has 0 aromatic rings. The van der Waals surface area contributed by atoms with Crippen molar-refractivity contribution in [1.29, 1.82) is 0 Å². The van der Waals surface area contributed by atoms with Crippen LogP contribution in [0.3, 0.4) is 0 Å². The molecule has 0 radical (unpaired) electrons. The highest BCUT2D eigenvalue weighted by molar-refractivity contribution is 7.45. The average molecular weight is 1190 g/mol. The van der Waals surface area contributed by atoms with E-state index in [-0.39, 0.29) is 12.5 Å². The van der Waals surface area contributed by atoms with Crippen LogP contribution in [0.25, 0.3) is 0 Å². The Morgan fingerprint density at radius 3 is 1.11 bits per heavy atom. The molecule has 0 saturated heterocycles. The van der Waals surface area contributed by atoms with Gasteiger partial charge in [-0.15, -0.1) is 0 Å². The number of likely N-dealkylation sites (N-methyl/N-ethyl adjacent to an activating group) is 1. The fourth-order valence-electron chi connectivity index (χ4n) is 9.50. The van der Waals surface area contributed by atoms with Gasteiger partial charge in [0.1, 0.15) is 13.2 Å². The van der Waals surface area contributed by atoms with Crippen LogP contribution in [-0.4, -0.2) is 68.5 Å². The zero-order chi connectivity index (χ0) is 61.2. The molecule has 0 rings (SSSR count). The first-order valence-corrected chi connectivity index (χ1v) is 36.0. The quantitative estimate of drug-likeness (QED) is 0.0272. The van der Waals surface area contributed by atoms with Crippen molar-refractivity contribution in [3.05, 3.63) is 134 Å². The summed E-state index contributed by atoms with van der Waals surface area (Å²) in [7, 11) is 1.22. The highest BCUT2D eigenvalue weighted by Crippen LogP contribution is 2.38. The van der Waals surface area contributed by atoms with Crippen molar-refractivity contribution in [2.24, 2.45) is 0 Å². The molecule has 0 aromatic heterocycles. The van der Waals surface area contributed by atoms with E-state index < -0.39 is 26.6 Å². The number of aliphatic hydroxyl groups is 1. The molecule has 0 aliphatic heterocycles. The summed E-state index contributed by atoms with van der Waals surface area (Å²) < 4.78 is 23.4. The van der Waals surface area contributed by atoms with E-state index in [1.54, 1.807) is 6.08 Å². The summed E-state index contributed by atoms with van der Waals surface area (Å²) in [6.45, 7) is 4.51. The predicted molar refractivity (Wildman–Crippen MR) is 366 cm³/mol. The van der Waals surface area contributed by atoms with Crippen LogP contribution in [0.1, 0.15) is 284 Å². The minimum absolute atomic E-state index is 0.0176. The Bertz CT molecular complexity index is 1830. The molecule has 2 N–H and O–H groups in total. The van der Waals surface area contributed by atoms with Crippen LogP contribution in [0.2, 0.25) is 0 Å². The maximum absolute atomic E-state index is 13.0. The Hall–Kier alpha value is -3.36. The molecule has 84 heavy (non-hydrogen) atoms. The van der Waals surface area contributed by atoms with E-state index in [2.05, 4.69) is 141 Å². The number of nitrogens with one attached hydrogen (secondary N) is 1. The van der Waals surface area contributed by atoms with E-state index in [4.69, 9.17) is 9.05 Å². The van der Waals surface area contributed by atoms with Gasteiger partial charge in [0, 0.05) is 6.42 Å². The molecule has 0 fully saturated rings. The molecule has 0 saturated carbocycles. The zero-order valence-electron chi connectivity index (χ0n) is 55.1. The maximum Gasteiger partial charge on any atom is 0.268 e. The van der Waals surface area contributed by atoms with Crippen molar-refractivity contribution in [1.82, 2.24) is 5.32 Å². The summed E-state index contributed by atoms with van der Waals surface area (Å²) in [5.74, 6) is -0.223. The Morgan fingerprint density at radius 2 is 0.738 bits per heavy atom. The highest BCUT2D eigenvalue weighted by atomic mass is 31.2. The Labute approximate surface area is 519 Å². The van der Waals surface area contributed by atoms with E-state index in [1.165, 1.54) is 154 Å². The molecule has 0 bridgehead atoms. The summed E-state index contributed by atoms with van der Waals surface area (Å²) in [6.07, 6.45) is 97.1. The van der Waals surface area contributed by atoms with Gasteiger partial charge >= 0.3 is 0 Å². The number of allylic oxidation sites excluding steroid dienone is 21. The second kappa shape index (κ2) is 64.1. The smallest absolute Gasteiger partial charge is 0.268 e. The van der Waals surface area contributed by atoms with Gasteiger partial charge in [-0.25, -0.2) is 0 Å². The molecule has 482 valence electrons. The van der Waals surface area contributed by atoms with Gasteiger partial charge in [0.05, 0.1) is 39.9 Å². The summed E-state index contributed by atoms with van der Waals surface area (Å²) in [5.41, 5.74) is 0. The number of hydrogen-bond donors (Lipinski definition) is 2. The molecule has 0 heterocycles. The standard InChI is InChI=1S/C75H131N2O6P/c1-6-8-10-12-14-16-18-20-22-24-26-28-30-32-34-36-37-38-39-41-43-45-47-49-51-53-55-57-59-61-63-65-67-69-75(79)76-73(72-83-84(80,81)82-71-70-77(3,4)5)74(78)68-66-64-62-60-58-56-54-52-50-48-46-44-42-40-35-33-31-29-27-25-23-21-19-17-15-13-11-9-7-2/h8,10,14,16,20,22,26,28,32,34,37-38,41,43,47,49-50,52,58,60,66,68,73-74,78H,6-7,9,11-13,15,17-19,21,23-25,27,29-31,33,35-36,39-40,42,44-46,48,51,53-57,59,61-65,67,69-72H2,1-5H3,(H-,76,79,80,81)/b10-8-,16-14-,22-20-,28-26-,34-32-,38-37-,43-41-,49-47-,52-50+,60-58+,68-66+. The fourth-order valence-corrected chi connectivity index (χ4v) is 10.2. The summed E-state index contributed by atoms with van der Waals surface area (Å²) >= 11 is 0. The van der Waals surface area contributed by atoms with Crippen molar-refractivity contribution in [3.8, 4) is 0 Å². The lowest BCUT2D eigenvalue weighted by atomic mass is 10.0. The van der Waals surface area contributed by atoms with E-state index in [1.807, 2.05) is 27.2 Å². The first kappa shape index (κ1) is 80.6. The van der Waals surface area contributed by atoms with Crippen LogP contribution in [0, 0.1) is 0 Å². The lowest BCUT2D eigenvalue weighted by molar-refractivity contribution is -0.870. The van der Waals surface area contributed by atoms with Gasteiger partial charge in [0.15, 0.2) is 0 Å². The molecular weight excluding hydrogens is 1060 g/mol. The summed E-state index contributed by atoms with van der Waals surface area (Å²) in [5, 5.41) is 13.9. The molecule has 1 amide bonds. The average Bonchev–Trinajstić information content (AvgIpc) is 3.56. The molecule has 3 atom stereocenters. The largest absolute Gasteiger partial charge is 0.756 e. The second-order valence-corrected chi connectivity index (χ2v) is 25.5. The maximum atomic E-state index is 13.0. The molecule has 3 unspecified atom stereocenters. The van der Waals surface area contributed by atoms with Crippen LogP contribution in [-0.2, 0) is 18.4 Å². The molecule has 8 nitrogen and oxygen atoms in total. The van der Waals surface area contributed by atoms with Gasteiger partial charge in [0.25, 0.3) is 7.82 Å². The number of rotatable bonds is 62. The van der Waals surface area contributed by atoms with Gasteiger partial charge in [-0.2, -0.15) is 0 Å². The van der Waals surface area contributed by atoms with Crippen LogP contribution in [0.15, 0.2) is 134 Å². The molecule has 0 aliphatic rings. The Kier molecular flexibility index (Phi) is 61.6. The number of carbonyl (C=O) groups is 1. The molecule has 0 aromatic carbocycles. The fraction of sp³-hybridized carbons (Fsp3) is 0.693. The molecule has 9 heteroatoms. The van der Waals surface area contributed by atoms with Crippen molar-refractivity contribution < 1.29 is 32.9 Å². The number of carbonyl (C=O) groups excluding carboxylic acids is 1. The van der Waals surface area contributed by atoms with Gasteiger partial charge in [-0.1, -0.05) is 302 Å². The van der Waals surface area contributed by atoms with Crippen LogP contribution in [0.5, 0.6) is 0 Å². The number of phosphoric acid groups is 1. The van der Waals surface area contributed by atoms with Crippen molar-refractivity contribution in [2.75, 3.05) is 40.9 Å². The number of quaternary nitrogens is 1.